The van der Waals surface area contributed by atoms with Gasteiger partial charge in [-0.25, -0.2) is 9.78 Å². The number of thiazole rings is 1. The van der Waals surface area contributed by atoms with Gasteiger partial charge >= 0.3 is 5.97 Å². The second-order valence-electron chi connectivity index (χ2n) is 14.8. The van der Waals surface area contributed by atoms with E-state index >= 15 is 0 Å². The summed E-state index contributed by atoms with van der Waals surface area (Å²) in [6.45, 7) is 18.9. The maximum Gasteiger partial charge on any atom is 0.355 e. The Bertz CT molecular complexity index is 1500. The summed E-state index contributed by atoms with van der Waals surface area (Å²) >= 11 is 1.24. The molecular weight excluding hydrogens is 630 g/mol. The van der Waals surface area contributed by atoms with Crippen LogP contribution in [0, 0.1) is 5.92 Å². The molecule has 1 aromatic heterocycles. The lowest BCUT2D eigenvalue weighted by Gasteiger charge is -2.50. The third-order valence-corrected chi connectivity index (χ3v) is 10.4. The van der Waals surface area contributed by atoms with Gasteiger partial charge in [-0.2, -0.15) is 0 Å². The minimum atomic E-state index is -1.10. The molecule has 2 aliphatic rings. The number of aromatic nitrogens is 1. The Morgan fingerprint density at radius 2 is 1.69 bits per heavy atom. The molecular formula is C36H51N5O6S. The van der Waals surface area contributed by atoms with Crippen molar-refractivity contribution in [3.8, 4) is 5.75 Å². The number of benzene rings is 1. The van der Waals surface area contributed by atoms with Crippen LogP contribution in [0.5, 0.6) is 5.75 Å². The maximum absolute atomic E-state index is 14.4. The molecule has 3 N–H and O–H groups in total. The fourth-order valence-electron chi connectivity index (χ4n) is 7.23. The monoisotopic (exact) mass is 681 g/mol. The molecule has 12 heteroatoms. The molecule has 1 aromatic carbocycles. The molecule has 262 valence electrons. The first-order chi connectivity index (χ1) is 22.5. The van der Waals surface area contributed by atoms with Crippen molar-refractivity contribution in [1.82, 2.24) is 25.0 Å². The smallest absolute Gasteiger partial charge is 0.355 e. The van der Waals surface area contributed by atoms with Gasteiger partial charge in [-0.05, 0) is 90.3 Å². The van der Waals surface area contributed by atoms with Gasteiger partial charge < -0.3 is 25.3 Å². The summed E-state index contributed by atoms with van der Waals surface area (Å²) in [6, 6.07) is 4.23. The Labute approximate surface area is 288 Å². The van der Waals surface area contributed by atoms with Crippen LogP contribution in [0.4, 0.5) is 0 Å². The van der Waals surface area contributed by atoms with Crippen LogP contribution in [0.25, 0.3) is 0 Å². The van der Waals surface area contributed by atoms with Crippen LogP contribution in [-0.4, -0.2) is 95.9 Å². The van der Waals surface area contributed by atoms with Crippen LogP contribution in [0.15, 0.2) is 42.3 Å². The number of nitrogens with zero attached hydrogens (tertiary/aromatic N) is 4. The highest BCUT2D eigenvalue weighted by Gasteiger charge is 2.46. The van der Waals surface area contributed by atoms with E-state index in [2.05, 4.69) is 21.8 Å². The van der Waals surface area contributed by atoms with Gasteiger partial charge in [-0.1, -0.05) is 32.1 Å². The first-order valence-electron chi connectivity index (χ1n) is 16.8. The number of likely N-dealkylation sites (tertiary alicyclic amines) is 2. The highest BCUT2D eigenvalue weighted by atomic mass is 32.1. The number of rotatable bonds is 12. The van der Waals surface area contributed by atoms with Crippen molar-refractivity contribution in [3.63, 3.8) is 0 Å². The first-order valence-corrected chi connectivity index (χ1v) is 17.6. The zero-order valence-electron chi connectivity index (χ0n) is 29.2. The maximum atomic E-state index is 14.4. The van der Waals surface area contributed by atoms with Crippen LogP contribution < -0.4 is 5.32 Å². The van der Waals surface area contributed by atoms with Gasteiger partial charge in [0.05, 0.1) is 12.1 Å². The molecule has 4 unspecified atom stereocenters. The second-order valence-corrected chi connectivity index (χ2v) is 15.7. The fourth-order valence-corrected chi connectivity index (χ4v) is 8.17. The Morgan fingerprint density at radius 3 is 2.25 bits per heavy atom. The zero-order valence-corrected chi connectivity index (χ0v) is 30.0. The number of amides is 3. The molecule has 3 amide bonds. The van der Waals surface area contributed by atoms with E-state index in [1.807, 2.05) is 54.5 Å². The molecule has 2 aromatic rings. The number of phenols is 1. The van der Waals surface area contributed by atoms with Gasteiger partial charge in [0.15, 0.2) is 5.69 Å². The lowest BCUT2D eigenvalue weighted by molar-refractivity contribution is -0.147. The van der Waals surface area contributed by atoms with Crippen LogP contribution in [0.2, 0.25) is 0 Å². The average molecular weight is 682 g/mol. The molecule has 2 saturated heterocycles. The van der Waals surface area contributed by atoms with Crippen molar-refractivity contribution in [2.45, 2.75) is 116 Å². The predicted molar refractivity (Wildman–Crippen MR) is 186 cm³/mol. The molecule has 4 atom stereocenters. The molecule has 0 bridgehead atoms. The normalized spacial score (nSPS) is 19.9. The van der Waals surface area contributed by atoms with Crippen molar-refractivity contribution in [1.29, 1.82) is 0 Å². The number of carboxylic acids is 1. The highest BCUT2D eigenvalue weighted by molar-refractivity contribution is 7.09. The van der Waals surface area contributed by atoms with Crippen LogP contribution >= 0.6 is 11.3 Å². The molecule has 11 nitrogen and oxygen atoms in total. The Balaban J connectivity index is 1.59. The minimum Gasteiger partial charge on any atom is -0.508 e. The van der Waals surface area contributed by atoms with E-state index in [4.69, 9.17) is 0 Å². The van der Waals surface area contributed by atoms with Gasteiger partial charge in [0.25, 0.3) is 0 Å². The summed E-state index contributed by atoms with van der Waals surface area (Å²) in [6.07, 6.45) is 4.77. The summed E-state index contributed by atoms with van der Waals surface area (Å²) in [4.78, 5) is 64.0. The molecule has 2 aliphatic heterocycles. The summed E-state index contributed by atoms with van der Waals surface area (Å²) in [5.74, 6) is -1.99. The SMILES string of the molecule is C=CC(C)(C)N(C(Cc1ccc(O)cc1)C(=O)NC(C(=O)N1CCCC1C(=O)N1CCCC1c1nc(C(=O)O)cs1)C(C)C)C(C)(C)C. The van der Waals surface area contributed by atoms with E-state index < -0.39 is 35.2 Å². The Morgan fingerprint density at radius 1 is 1.06 bits per heavy atom. The summed E-state index contributed by atoms with van der Waals surface area (Å²) in [5, 5.41) is 24.4. The number of carbonyl (C=O) groups excluding carboxylic acids is 3. The zero-order chi connectivity index (χ0) is 35.6. The van der Waals surface area contributed by atoms with E-state index in [1.165, 1.54) is 16.7 Å². The van der Waals surface area contributed by atoms with Crippen LogP contribution in [0.3, 0.4) is 0 Å². The Kier molecular flexibility index (Phi) is 11.4. The number of aromatic hydroxyl groups is 1. The summed E-state index contributed by atoms with van der Waals surface area (Å²) < 4.78 is 0. The average Bonchev–Trinajstić information content (AvgIpc) is 3.79. The molecule has 0 aliphatic carbocycles. The van der Waals surface area contributed by atoms with Crippen molar-refractivity contribution < 1.29 is 29.4 Å². The van der Waals surface area contributed by atoms with Crippen molar-refractivity contribution in [2.24, 2.45) is 5.92 Å². The lowest BCUT2D eigenvalue weighted by atomic mass is 9.88. The molecule has 48 heavy (non-hydrogen) atoms. The number of hydrogen-bond acceptors (Lipinski definition) is 8. The van der Waals surface area contributed by atoms with Gasteiger partial charge in [0.1, 0.15) is 22.8 Å². The number of carbonyl (C=O) groups is 4. The quantitative estimate of drug-likeness (QED) is 0.265. The molecule has 0 saturated carbocycles. The van der Waals surface area contributed by atoms with Gasteiger partial charge in [-0.3, -0.25) is 19.3 Å². The third-order valence-electron chi connectivity index (χ3n) is 9.44. The van der Waals surface area contributed by atoms with Gasteiger partial charge in [0.2, 0.25) is 17.7 Å². The Hall–Kier alpha value is -3.77. The predicted octanol–water partition coefficient (Wildman–Crippen LogP) is 5.02. The van der Waals surface area contributed by atoms with E-state index in [0.29, 0.717) is 43.8 Å². The molecule has 3 heterocycles. The largest absolute Gasteiger partial charge is 0.508 e. The van der Waals surface area contributed by atoms with Crippen molar-refractivity contribution in [3.05, 3.63) is 58.6 Å². The standard InChI is InChI=1S/C36H51N5O6S/c1-9-36(7,8)41(35(4,5)6)28(20-23-14-16-24(42)17-15-23)30(43)38-29(22(2)3)33(45)40-19-11-13-27(40)32(44)39-18-10-12-26(39)31-37-25(21-48-31)34(46)47/h9,14-17,21-22,26-29,42H,1,10-13,18-20H2,2-8H3,(H,38,43)(H,46,47). The molecule has 0 radical (unpaired) electrons. The van der Waals surface area contributed by atoms with Gasteiger partial charge in [0, 0.05) is 29.5 Å². The van der Waals surface area contributed by atoms with Gasteiger partial charge in [-0.15, -0.1) is 17.9 Å². The second kappa shape index (κ2) is 14.8. The number of carboxylic acid groups (broad SMARTS) is 1. The number of hydrogen-bond donors (Lipinski definition) is 3. The minimum absolute atomic E-state index is 0.0345. The molecule has 2 fully saturated rings. The van der Waals surface area contributed by atoms with Crippen molar-refractivity contribution >= 4 is 35.0 Å². The van der Waals surface area contributed by atoms with E-state index in [9.17, 15) is 29.4 Å². The van der Waals surface area contributed by atoms with E-state index in [0.717, 1.165) is 12.0 Å². The lowest BCUT2D eigenvalue weighted by Crippen LogP contribution is -2.65. The third kappa shape index (κ3) is 8.08. The molecule has 0 spiro atoms. The highest BCUT2D eigenvalue weighted by Crippen LogP contribution is 2.36. The first kappa shape index (κ1) is 37.1. The van der Waals surface area contributed by atoms with E-state index in [1.54, 1.807) is 34.1 Å². The van der Waals surface area contributed by atoms with Crippen molar-refractivity contribution in [2.75, 3.05) is 13.1 Å². The topological polar surface area (TPSA) is 143 Å². The van der Waals surface area contributed by atoms with Crippen LogP contribution in [0.1, 0.15) is 101 Å². The summed E-state index contributed by atoms with van der Waals surface area (Å²) in [7, 11) is 0. The number of phenolic OH excluding ortho intramolecular Hbond substituents is 1. The summed E-state index contributed by atoms with van der Waals surface area (Å²) in [5.41, 5.74) is -0.228. The number of aromatic carboxylic acids is 1. The number of nitrogens with one attached hydrogen (secondary N) is 1. The molecule has 4 rings (SSSR count). The fraction of sp³-hybridized carbons (Fsp3) is 0.583. The van der Waals surface area contributed by atoms with E-state index in [-0.39, 0.29) is 41.1 Å². The van der Waals surface area contributed by atoms with Crippen LogP contribution in [-0.2, 0) is 20.8 Å².